The number of carboxylic acid groups (broad SMARTS) is 1. The van der Waals surface area contributed by atoms with Crippen molar-refractivity contribution in [3.63, 3.8) is 0 Å². The lowest BCUT2D eigenvalue weighted by molar-refractivity contribution is -0.133. The third kappa shape index (κ3) is 3.59. The van der Waals surface area contributed by atoms with E-state index in [2.05, 4.69) is 0 Å². The molecule has 0 aromatic heterocycles. The van der Waals surface area contributed by atoms with Gasteiger partial charge >= 0.3 is 5.97 Å². The van der Waals surface area contributed by atoms with Crippen LogP contribution in [-0.4, -0.2) is 52.5 Å². The van der Waals surface area contributed by atoms with Gasteiger partial charge in [0.05, 0.1) is 12.3 Å². The number of alkyl halides is 2. The van der Waals surface area contributed by atoms with Gasteiger partial charge in [0.15, 0.2) is 0 Å². The molecule has 0 aromatic carbocycles. The standard InChI is InChI=1S/C10H17F2NO2S/c1-7(2)13-3-8(10(11,12)6-13)4-16-5-9(14)15/h7-8H,3-6H2,1-2H3,(H,14,15). The molecule has 1 saturated heterocycles. The highest BCUT2D eigenvalue weighted by atomic mass is 32.2. The fourth-order valence-corrected chi connectivity index (χ4v) is 2.66. The lowest BCUT2D eigenvalue weighted by Gasteiger charge is -2.19. The van der Waals surface area contributed by atoms with Crippen LogP contribution in [0.5, 0.6) is 0 Å². The van der Waals surface area contributed by atoms with Gasteiger partial charge in [-0.3, -0.25) is 9.69 Å². The molecule has 0 aromatic rings. The summed E-state index contributed by atoms with van der Waals surface area (Å²) in [5.74, 6) is -4.25. The average molecular weight is 253 g/mol. The summed E-state index contributed by atoms with van der Waals surface area (Å²) in [5, 5.41) is 8.44. The highest BCUT2D eigenvalue weighted by Gasteiger charge is 2.48. The molecule has 1 N–H and O–H groups in total. The van der Waals surface area contributed by atoms with Crippen LogP contribution in [0.3, 0.4) is 0 Å². The highest BCUT2D eigenvalue weighted by Crippen LogP contribution is 2.35. The second-order valence-corrected chi connectivity index (χ2v) is 5.42. The molecule has 16 heavy (non-hydrogen) atoms. The van der Waals surface area contributed by atoms with Crippen LogP contribution in [0.25, 0.3) is 0 Å². The van der Waals surface area contributed by atoms with Crippen LogP contribution in [0, 0.1) is 5.92 Å². The maximum Gasteiger partial charge on any atom is 0.313 e. The molecular weight excluding hydrogens is 236 g/mol. The van der Waals surface area contributed by atoms with Gasteiger partial charge in [0.1, 0.15) is 0 Å². The Bertz CT molecular complexity index is 261. The van der Waals surface area contributed by atoms with Crippen LogP contribution in [0.15, 0.2) is 0 Å². The van der Waals surface area contributed by atoms with Gasteiger partial charge in [0.2, 0.25) is 0 Å². The number of likely N-dealkylation sites (tertiary alicyclic amines) is 1. The molecule has 0 bridgehead atoms. The van der Waals surface area contributed by atoms with E-state index in [0.29, 0.717) is 6.54 Å². The van der Waals surface area contributed by atoms with Crippen LogP contribution in [0.2, 0.25) is 0 Å². The third-order valence-electron chi connectivity index (χ3n) is 2.74. The van der Waals surface area contributed by atoms with Gasteiger partial charge < -0.3 is 5.11 Å². The van der Waals surface area contributed by atoms with E-state index in [1.54, 1.807) is 4.90 Å². The Morgan fingerprint density at radius 3 is 2.69 bits per heavy atom. The second kappa shape index (κ2) is 5.31. The van der Waals surface area contributed by atoms with Crippen LogP contribution >= 0.6 is 11.8 Å². The SMILES string of the molecule is CC(C)N1CC(CSCC(=O)O)C(F)(F)C1. The Morgan fingerprint density at radius 1 is 1.62 bits per heavy atom. The van der Waals surface area contributed by atoms with Crippen molar-refractivity contribution in [2.75, 3.05) is 24.6 Å². The molecule has 1 atom stereocenters. The van der Waals surface area contributed by atoms with E-state index in [4.69, 9.17) is 5.11 Å². The number of aliphatic carboxylic acids is 1. The number of carbonyl (C=O) groups is 1. The zero-order valence-electron chi connectivity index (χ0n) is 9.45. The molecule has 1 unspecified atom stereocenters. The quantitative estimate of drug-likeness (QED) is 0.811. The maximum atomic E-state index is 13.5. The first-order chi connectivity index (χ1) is 7.33. The topological polar surface area (TPSA) is 40.5 Å². The summed E-state index contributed by atoms with van der Waals surface area (Å²) < 4.78 is 27.1. The first-order valence-corrected chi connectivity index (χ1v) is 6.40. The third-order valence-corrected chi connectivity index (χ3v) is 3.83. The zero-order valence-corrected chi connectivity index (χ0v) is 10.3. The number of thioether (sulfide) groups is 1. The summed E-state index contributed by atoms with van der Waals surface area (Å²) in [6.45, 7) is 3.94. The molecule has 1 aliphatic rings. The molecule has 0 spiro atoms. The average Bonchev–Trinajstić information content (AvgIpc) is 2.41. The molecule has 0 amide bonds. The van der Waals surface area contributed by atoms with Crippen molar-refractivity contribution in [3.05, 3.63) is 0 Å². The van der Waals surface area contributed by atoms with E-state index in [1.165, 1.54) is 0 Å². The Hall–Kier alpha value is -0.360. The lowest BCUT2D eigenvalue weighted by Crippen LogP contribution is -2.31. The minimum absolute atomic E-state index is 0.103. The molecule has 0 saturated carbocycles. The smallest absolute Gasteiger partial charge is 0.313 e. The number of carboxylic acids is 1. The minimum Gasteiger partial charge on any atom is -0.481 e. The summed E-state index contributed by atoms with van der Waals surface area (Å²) >= 11 is 1.07. The van der Waals surface area contributed by atoms with Gasteiger partial charge in [-0.2, -0.15) is 0 Å². The van der Waals surface area contributed by atoms with Crippen LogP contribution < -0.4 is 0 Å². The molecule has 1 fully saturated rings. The highest BCUT2D eigenvalue weighted by molar-refractivity contribution is 7.99. The fraction of sp³-hybridized carbons (Fsp3) is 0.900. The molecule has 3 nitrogen and oxygen atoms in total. The number of hydrogen-bond acceptors (Lipinski definition) is 3. The Kier molecular flexibility index (Phi) is 4.55. The molecule has 1 rings (SSSR count). The molecule has 1 heterocycles. The van der Waals surface area contributed by atoms with Crippen molar-refractivity contribution in [3.8, 4) is 0 Å². The Morgan fingerprint density at radius 2 is 2.25 bits per heavy atom. The van der Waals surface area contributed by atoms with Crippen LogP contribution in [0.4, 0.5) is 8.78 Å². The van der Waals surface area contributed by atoms with Gasteiger partial charge in [-0.1, -0.05) is 0 Å². The molecule has 94 valence electrons. The summed E-state index contributed by atoms with van der Waals surface area (Å²) in [6.07, 6.45) is 0. The number of hydrogen-bond donors (Lipinski definition) is 1. The fourth-order valence-electron chi connectivity index (χ4n) is 1.74. The summed E-state index contributed by atoms with van der Waals surface area (Å²) in [7, 11) is 0. The zero-order chi connectivity index (χ0) is 12.3. The largest absolute Gasteiger partial charge is 0.481 e. The van der Waals surface area contributed by atoms with Gasteiger partial charge in [0, 0.05) is 24.3 Å². The van der Waals surface area contributed by atoms with Gasteiger partial charge in [-0.05, 0) is 13.8 Å². The Labute approximate surface area is 98.2 Å². The van der Waals surface area contributed by atoms with E-state index >= 15 is 0 Å². The van der Waals surface area contributed by atoms with Gasteiger partial charge in [0.25, 0.3) is 5.92 Å². The number of nitrogens with zero attached hydrogens (tertiary/aromatic N) is 1. The molecule has 0 radical (unpaired) electrons. The molecule has 0 aliphatic carbocycles. The predicted molar refractivity (Wildman–Crippen MR) is 60.1 cm³/mol. The maximum absolute atomic E-state index is 13.5. The predicted octanol–water partition coefficient (Wildman–Crippen LogP) is 1.78. The summed E-state index contributed by atoms with van der Waals surface area (Å²) in [6, 6.07) is 0.111. The van der Waals surface area contributed by atoms with Crippen molar-refractivity contribution in [2.24, 2.45) is 5.92 Å². The number of halogens is 2. The second-order valence-electron chi connectivity index (χ2n) is 4.39. The van der Waals surface area contributed by atoms with E-state index in [0.717, 1.165) is 11.8 Å². The van der Waals surface area contributed by atoms with Crippen molar-refractivity contribution in [1.82, 2.24) is 4.90 Å². The van der Waals surface area contributed by atoms with E-state index in [1.807, 2.05) is 13.8 Å². The van der Waals surface area contributed by atoms with E-state index in [9.17, 15) is 13.6 Å². The van der Waals surface area contributed by atoms with E-state index < -0.39 is 17.8 Å². The monoisotopic (exact) mass is 253 g/mol. The van der Waals surface area contributed by atoms with Crippen molar-refractivity contribution < 1.29 is 18.7 Å². The number of rotatable bonds is 5. The van der Waals surface area contributed by atoms with Crippen LogP contribution in [-0.2, 0) is 4.79 Å². The lowest BCUT2D eigenvalue weighted by atomic mass is 10.1. The van der Waals surface area contributed by atoms with Crippen molar-refractivity contribution >= 4 is 17.7 Å². The van der Waals surface area contributed by atoms with Crippen LogP contribution in [0.1, 0.15) is 13.8 Å². The Balaban J connectivity index is 2.44. The first kappa shape index (κ1) is 13.7. The van der Waals surface area contributed by atoms with Gasteiger partial charge in [-0.15, -0.1) is 11.8 Å². The first-order valence-electron chi connectivity index (χ1n) is 5.24. The van der Waals surface area contributed by atoms with E-state index in [-0.39, 0.29) is 24.1 Å². The molecule has 6 heteroatoms. The molecular formula is C10H17F2NO2S. The summed E-state index contributed by atoms with van der Waals surface area (Å²) in [5.41, 5.74) is 0. The normalized spacial score (nSPS) is 25.2. The van der Waals surface area contributed by atoms with Crippen molar-refractivity contribution in [2.45, 2.75) is 25.8 Å². The minimum atomic E-state index is -2.68. The summed E-state index contributed by atoms with van der Waals surface area (Å²) in [4.78, 5) is 12.0. The molecule has 1 aliphatic heterocycles. The van der Waals surface area contributed by atoms with Gasteiger partial charge in [-0.25, -0.2) is 8.78 Å². The van der Waals surface area contributed by atoms with Crippen molar-refractivity contribution in [1.29, 1.82) is 0 Å².